The van der Waals surface area contributed by atoms with Gasteiger partial charge in [-0.25, -0.2) is 0 Å². The fraction of sp³-hybridized carbons (Fsp3) is 0.0833. The Kier molecular flexibility index (Phi) is 3.48. The predicted octanol–water partition coefficient (Wildman–Crippen LogP) is 2.13. The molecule has 1 N–H and O–H groups in total. The quantitative estimate of drug-likeness (QED) is 0.473. The molecule has 0 fully saturated rings. The molecule has 0 aliphatic rings. The fourth-order valence-electron chi connectivity index (χ4n) is 1.23. The monoisotopic (exact) mass is 242 g/mol. The molecule has 0 atom stereocenters. The van der Waals surface area contributed by atoms with Gasteiger partial charge in [0.1, 0.15) is 5.82 Å². The highest BCUT2D eigenvalue weighted by Crippen LogP contribution is 1.95. The van der Waals surface area contributed by atoms with Crippen LogP contribution in [0.1, 0.15) is 11.4 Å². The minimum absolute atomic E-state index is 0.459. The Morgan fingerprint density at radius 1 is 1.41 bits per heavy atom. The van der Waals surface area contributed by atoms with Crippen LogP contribution in [-0.2, 0) is 0 Å². The Labute approximate surface area is 104 Å². The van der Waals surface area contributed by atoms with Crippen molar-refractivity contribution in [1.29, 1.82) is 0 Å². The van der Waals surface area contributed by atoms with E-state index in [-0.39, 0.29) is 0 Å². The largest absolute Gasteiger partial charge is 0.250 e. The first-order valence-electron chi connectivity index (χ1n) is 5.01. The molecular weight excluding hydrogens is 232 g/mol. The Hall–Kier alpha value is -2.19. The Morgan fingerprint density at radius 2 is 2.18 bits per heavy atom. The molecule has 0 aliphatic carbocycles. The Morgan fingerprint density at radius 3 is 2.82 bits per heavy atom. The van der Waals surface area contributed by atoms with E-state index in [0.29, 0.717) is 10.6 Å². The van der Waals surface area contributed by atoms with E-state index in [2.05, 4.69) is 27.1 Å². The molecule has 17 heavy (non-hydrogen) atoms. The van der Waals surface area contributed by atoms with Crippen molar-refractivity contribution < 1.29 is 0 Å². The summed E-state index contributed by atoms with van der Waals surface area (Å²) < 4.78 is 1.98. The smallest absolute Gasteiger partial charge is 0.216 e. The second-order valence-electron chi connectivity index (χ2n) is 3.27. The highest BCUT2D eigenvalue weighted by atomic mass is 32.1. The lowest BCUT2D eigenvalue weighted by Crippen LogP contribution is -1.91. The van der Waals surface area contributed by atoms with Gasteiger partial charge in [0.05, 0.1) is 6.21 Å². The molecule has 0 saturated heterocycles. The molecule has 2 rings (SSSR count). The van der Waals surface area contributed by atoms with E-state index in [0.717, 1.165) is 5.56 Å². The lowest BCUT2D eigenvalue weighted by molar-refractivity contribution is 0.822. The molecule has 1 heterocycles. The summed E-state index contributed by atoms with van der Waals surface area (Å²) in [6.07, 6.45) is 1.51. The van der Waals surface area contributed by atoms with Crippen LogP contribution in [0.4, 0.5) is 0 Å². The number of benzene rings is 1. The molecule has 0 spiro atoms. The van der Waals surface area contributed by atoms with Gasteiger partial charge in [-0.15, -0.1) is 0 Å². The van der Waals surface area contributed by atoms with Gasteiger partial charge in [0.15, 0.2) is 0 Å². The van der Waals surface area contributed by atoms with Crippen molar-refractivity contribution in [1.82, 2.24) is 14.9 Å². The predicted molar refractivity (Wildman–Crippen MR) is 69.4 cm³/mol. The molecule has 0 saturated carbocycles. The molecule has 0 amide bonds. The van der Waals surface area contributed by atoms with Gasteiger partial charge < -0.3 is 0 Å². The van der Waals surface area contributed by atoms with Crippen LogP contribution in [0.25, 0.3) is 0 Å². The number of rotatable bonds is 1. The lowest BCUT2D eigenvalue weighted by Gasteiger charge is -1.90. The normalized spacial score (nSPS) is 10.2. The van der Waals surface area contributed by atoms with Crippen molar-refractivity contribution in [3.05, 3.63) is 46.5 Å². The Balaban J connectivity index is 2.14. The molecule has 5 heteroatoms. The van der Waals surface area contributed by atoms with E-state index >= 15 is 0 Å². The highest BCUT2D eigenvalue weighted by molar-refractivity contribution is 7.71. The maximum absolute atomic E-state index is 5.00. The van der Waals surface area contributed by atoms with Crippen molar-refractivity contribution >= 4 is 18.4 Å². The van der Waals surface area contributed by atoms with E-state index in [9.17, 15) is 0 Å². The van der Waals surface area contributed by atoms with Crippen LogP contribution in [-0.4, -0.2) is 21.1 Å². The summed E-state index contributed by atoms with van der Waals surface area (Å²) in [5.74, 6) is 6.51. The zero-order valence-corrected chi connectivity index (χ0v) is 10.0. The maximum atomic E-state index is 5.00. The number of aromatic nitrogens is 3. The number of H-pyrrole nitrogens is 1. The summed E-state index contributed by atoms with van der Waals surface area (Å²) in [5, 5.41) is 10.7. The topological polar surface area (TPSA) is 46.0 Å². The molecule has 84 valence electrons. The van der Waals surface area contributed by atoms with Crippen LogP contribution in [0.5, 0.6) is 0 Å². The van der Waals surface area contributed by atoms with Gasteiger partial charge in [-0.3, -0.25) is 5.10 Å². The molecule has 0 bridgehead atoms. The summed E-state index contributed by atoms with van der Waals surface area (Å²) in [7, 11) is 0. The Bertz CT molecular complexity index is 640. The maximum Gasteiger partial charge on any atom is 0.216 e. The average molecular weight is 242 g/mol. The molecule has 4 nitrogen and oxygen atoms in total. The lowest BCUT2D eigenvalue weighted by atomic mass is 10.2. The van der Waals surface area contributed by atoms with Gasteiger partial charge in [-0.05, 0) is 37.2 Å². The first kappa shape index (κ1) is 11.3. The van der Waals surface area contributed by atoms with Gasteiger partial charge in [0, 0.05) is 5.56 Å². The number of nitrogens with one attached hydrogen (secondary N) is 1. The number of hydrogen-bond acceptors (Lipinski definition) is 3. The van der Waals surface area contributed by atoms with Gasteiger partial charge in [-0.2, -0.15) is 14.9 Å². The minimum atomic E-state index is 0.459. The molecule has 1 aromatic heterocycles. The van der Waals surface area contributed by atoms with Crippen LogP contribution in [0.2, 0.25) is 0 Å². The number of nitrogens with zero attached hydrogens (tertiary/aromatic N) is 3. The van der Waals surface area contributed by atoms with Crippen molar-refractivity contribution in [2.75, 3.05) is 0 Å². The molecule has 0 unspecified atom stereocenters. The van der Waals surface area contributed by atoms with Crippen LogP contribution >= 0.6 is 12.2 Å². The molecule has 0 radical (unpaired) electrons. The summed E-state index contributed by atoms with van der Waals surface area (Å²) in [6.45, 7) is 1.81. The van der Waals surface area contributed by atoms with Crippen LogP contribution in [0.15, 0.2) is 35.4 Å². The van der Waals surface area contributed by atoms with Gasteiger partial charge >= 0.3 is 0 Å². The van der Waals surface area contributed by atoms with Crippen LogP contribution in [0, 0.1) is 23.5 Å². The average Bonchev–Trinajstić information content (AvgIpc) is 2.67. The molecule has 1 aromatic carbocycles. The molecular formula is C12H10N4S. The van der Waals surface area contributed by atoms with Crippen LogP contribution in [0.3, 0.4) is 0 Å². The molecule has 2 aromatic rings. The fourth-order valence-corrected chi connectivity index (χ4v) is 1.45. The summed E-state index contributed by atoms with van der Waals surface area (Å²) in [4.78, 5) is 0. The standard InChI is InChI=1S/C12H10N4S/c1-10-14-15-12(17)16(10)13-9-5-8-11-6-3-2-4-7-11/h2-4,6-7,9H,1H3,(H,15,17)/b13-9+. The summed E-state index contributed by atoms with van der Waals surface area (Å²) in [5.41, 5.74) is 0.950. The first-order chi connectivity index (χ1) is 8.27. The minimum Gasteiger partial charge on any atom is -0.250 e. The zero-order chi connectivity index (χ0) is 12.1. The summed E-state index contributed by atoms with van der Waals surface area (Å²) in [6, 6.07) is 9.72. The second kappa shape index (κ2) is 5.23. The SMILES string of the molecule is Cc1n[nH]c(=S)n1/N=C/C#Cc1ccccc1. The van der Waals surface area contributed by atoms with Gasteiger partial charge in [0.25, 0.3) is 0 Å². The van der Waals surface area contributed by atoms with Gasteiger partial charge in [0.2, 0.25) is 4.77 Å². The number of aromatic amines is 1. The van der Waals surface area contributed by atoms with Crippen molar-refractivity contribution in [3.8, 4) is 11.8 Å². The van der Waals surface area contributed by atoms with E-state index in [1.165, 1.54) is 10.9 Å². The zero-order valence-electron chi connectivity index (χ0n) is 9.21. The number of hydrogen-bond donors (Lipinski definition) is 1. The third kappa shape index (κ3) is 2.89. The number of aryl methyl sites for hydroxylation is 1. The van der Waals surface area contributed by atoms with Crippen LogP contribution < -0.4 is 0 Å². The van der Waals surface area contributed by atoms with Crippen molar-refractivity contribution in [2.24, 2.45) is 5.10 Å². The first-order valence-corrected chi connectivity index (χ1v) is 5.41. The van der Waals surface area contributed by atoms with E-state index in [1.807, 2.05) is 37.3 Å². The second-order valence-corrected chi connectivity index (χ2v) is 3.65. The van der Waals surface area contributed by atoms with E-state index < -0.39 is 0 Å². The van der Waals surface area contributed by atoms with Crippen molar-refractivity contribution in [3.63, 3.8) is 0 Å². The summed E-state index contributed by atoms with van der Waals surface area (Å²) >= 11 is 5.00. The molecule has 0 aliphatic heterocycles. The highest BCUT2D eigenvalue weighted by Gasteiger charge is 1.95. The van der Waals surface area contributed by atoms with E-state index in [1.54, 1.807) is 0 Å². The third-order valence-electron chi connectivity index (χ3n) is 2.04. The van der Waals surface area contributed by atoms with Gasteiger partial charge in [-0.1, -0.05) is 24.1 Å². The van der Waals surface area contributed by atoms with Crippen molar-refractivity contribution in [2.45, 2.75) is 6.92 Å². The third-order valence-corrected chi connectivity index (χ3v) is 2.30. The van der Waals surface area contributed by atoms with E-state index in [4.69, 9.17) is 12.2 Å².